The molecule has 0 atom stereocenters. The van der Waals surface area contributed by atoms with Crippen molar-refractivity contribution in [3.8, 4) is 5.69 Å². The van der Waals surface area contributed by atoms with E-state index in [9.17, 15) is 35.9 Å². The molecule has 13 heteroatoms. The maximum Gasteiger partial charge on any atom is 0.434 e. The molecule has 1 aromatic carbocycles. The normalized spacial score (nSPS) is 12.1. The maximum atomic E-state index is 13.6. The first-order valence-electron chi connectivity index (χ1n) is 7.90. The molecule has 30 heavy (non-hydrogen) atoms. The Morgan fingerprint density at radius 3 is 2.27 bits per heavy atom. The molecule has 0 fully saturated rings. The van der Waals surface area contributed by atoms with Gasteiger partial charge in [0.05, 0.1) is 23.0 Å². The van der Waals surface area contributed by atoms with Crippen LogP contribution in [0.1, 0.15) is 21.6 Å². The fourth-order valence-electron chi connectivity index (χ4n) is 2.50. The summed E-state index contributed by atoms with van der Waals surface area (Å²) in [5.41, 5.74) is -5.84. The molecule has 1 amide bonds. The van der Waals surface area contributed by atoms with Crippen LogP contribution >= 0.6 is 11.6 Å². The molecule has 3 aromatic rings. The standard InChI is InChI=1S/C17H9ClF6N4O2/c18-9-1-3-10(4-2-9)28-13(17(22,23)24)11(7-26-28)14(29)27-12-5-8(16(19,20)21)6-25-15(12)30/h1-7H,(H,25,30)(H,27,29). The Morgan fingerprint density at radius 1 is 1.07 bits per heavy atom. The molecule has 158 valence electrons. The molecular weight excluding hydrogens is 442 g/mol. The number of alkyl halides is 6. The van der Waals surface area contributed by atoms with Crippen LogP contribution in [0.5, 0.6) is 0 Å². The molecule has 0 unspecified atom stereocenters. The Labute approximate surface area is 168 Å². The van der Waals surface area contributed by atoms with Gasteiger partial charge in [-0.3, -0.25) is 9.59 Å². The topological polar surface area (TPSA) is 79.8 Å². The molecule has 0 aliphatic heterocycles. The summed E-state index contributed by atoms with van der Waals surface area (Å²) in [5.74, 6) is -1.47. The van der Waals surface area contributed by atoms with Gasteiger partial charge >= 0.3 is 12.4 Å². The van der Waals surface area contributed by atoms with Crippen LogP contribution in [0.15, 0.2) is 47.5 Å². The molecule has 0 saturated carbocycles. The van der Waals surface area contributed by atoms with Crippen molar-refractivity contribution < 1.29 is 31.1 Å². The SMILES string of the molecule is O=C(Nc1cc(C(F)(F)F)c[nH]c1=O)c1cnn(-c2ccc(Cl)cc2)c1C(F)(F)F. The third-order valence-corrected chi connectivity index (χ3v) is 4.08. The van der Waals surface area contributed by atoms with Crippen molar-refractivity contribution in [3.05, 3.63) is 74.9 Å². The smallest absolute Gasteiger partial charge is 0.327 e. The van der Waals surface area contributed by atoms with Gasteiger partial charge in [0.1, 0.15) is 5.69 Å². The molecule has 2 heterocycles. The van der Waals surface area contributed by atoms with Crippen LogP contribution in [0.2, 0.25) is 5.02 Å². The van der Waals surface area contributed by atoms with Crippen LogP contribution in [0, 0.1) is 0 Å². The number of aromatic nitrogens is 3. The fraction of sp³-hybridized carbons (Fsp3) is 0.118. The Kier molecular flexibility index (Phi) is 5.37. The predicted octanol–water partition coefficient (Wildman–Crippen LogP) is 4.50. The van der Waals surface area contributed by atoms with E-state index in [1.165, 1.54) is 24.3 Å². The number of nitrogens with one attached hydrogen (secondary N) is 2. The lowest BCUT2D eigenvalue weighted by molar-refractivity contribution is -0.143. The minimum Gasteiger partial charge on any atom is -0.327 e. The zero-order valence-corrected chi connectivity index (χ0v) is 15.2. The summed E-state index contributed by atoms with van der Waals surface area (Å²) in [6, 6.07) is 5.38. The highest BCUT2D eigenvalue weighted by Crippen LogP contribution is 2.34. The molecule has 3 rings (SSSR count). The highest BCUT2D eigenvalue weighted by Gasteiger charge is 2.41. The Hall–Kier alpha value is -3.28. The van der Waals surface area contributed by atoms with E-state index in [-0.39, 0.29) is 10.7 Å². The zero-order valence-electron chi connectivity index (χ0n) is 14.4. The van der Waals surface area contributed by atoms with E-state index in [4.69, 9.17) is 11.6 Å². The third-order valence-electron chi connectivity index (χ3n) is 3.83. The van der Waals surface area contributed by atoms with Crippen molar-refractivity contribution in [1.29, 1.82) is 0 Å². The van der Waals surface area contributed by atoms with E-state index < -0.39 is 46.3 Å². The van der Waals surface area contributed by atoms with Crippen LogP contribution < -0.4 is 10.9 Å². The van der Waals surface area contributed by atoms with Gasteiger partial charge in [-0.15, -0.1) is 0 Å². The Bertz CT molecular complexity index is 1150. The predicted molar refractivity (Wildman–Crippen MR) is 93.6 cm³/mol. The Morgan fingerprint density at radius 2 is 1.70 bits per heavy atom. The molecule has 2 aromatic heterocycles. The average Bonchev–Trinajstić information content (AvgIpc) is 3.09. The molecular formula is C17H9ClF6N4O2. The number of hydrogen-bond donors (Lipinski definition) is 2. The highest BCUT2D eigenvalue weighted by atomic mass is 35.5. The number of carbonyl (C=O) groups is 1. The first kappa shape index (κ1) is 21.4. The molecule has 6 nitrogen and oxygen atoms in total. The summed E-state index contributed by atoms with van der Waals surface area (Å²) in [6.45, 7) is 0. The summed E-state index contributed by atoms with van der Waals surface area (Å²) >= 11 is 5.71. The lowest BCUT2D eigenvalue weighted by Crippen LogP contribution is -2.24. The van der Waals surface area contributed by atoms with Crippen molar-refractivity contribution >= 4 is 23.2 Å². The van der Waals surface area contributed by atoms with Gasteiger partial charge in [-0.25, -0.2) is 4.68 Å². The molecule has 0 spiro atoms. The lowest BCUT2D eigenvalue weighted by Gasteiger charge is -2.13. The number of H-pyrrole nitrogens is 1. The van der Waals surface area contributed by atoms with Gasteiger partial charge in [0.15, 0.2) is 5.69 Å². The summed E-state index contributed by atoms with van der Waals surface area (Å²) in [4.78, 5) is 25.9. The van der Waals surface area contributed by atoms with E-state index in [0.717, 1.165) is 0 Å². The van der Waals surface area contributed by atoms with Crippen LogP contribution in [0.25, 0.3) is 5.69 Å². The number of rotatable bonds is 3. The fourth-order valence-corrected chi connectivity index (χ4v) is 2.62. The summed E-state index contributed by atoms with van der Waals surface area (Å²) in [5, 5.41) is 5.57. The van der Waals surface area contributed by atoms with Gasteiger partial charge in [-0.1, -0.05) is 11.6 Å². The maximum absolute atomic E-state index is 13.6. The highest BCUT2D eigenvalue weighted by molar-refractivity contribution is 6.30. The van der Waals surface area contributed by atoms with Crippen LogP contribution in [0.3, 0.4) is 0 Å². The van der Waals surface area contributed by atoms with Crippen molar-refractivity contribution in [3.63, 3.8) is 0 Å². The number of aromatic amines is 1. The van der Waals surface area contributed by atoms with E-state index in [0.29, 0.717) is 23.1 Å². The van der Waals surface area contributed by atoms with E-state index in [1.807, 2.05) is 0 Å². The molecule has 2 N–H and O–H groups in total. The average molecular weight is 451 g/mol. The first-order chi connectivity index (χ1) is 13.9. The van der Waals surface area contributed by atoms with Crippen molar-refractivity contribution in [2.45, 2.75) is 12.4 Å². The quantitative estimate of drug-likeness (QED) is 0.576. The second-order valence-electron chi connectivity index (χ2n) is 5.88. The molecule has 0 saturated heterocycles. The van der Waals surface area contributed by atoms with Gasteiger partial charge in [0.2, 0.25) is 0 Å². The van der Waals surface area contributed by atoms with E-state index >= 15 is 0 Å². The second kappa shape index (κ2) is 7.52. The largest absolute Gasteiger partial charge is 0.434 e. The molecule has 0 radical (unpaired) electrons. The third kappa shape index (κ3) is 4.32. The van der Waals surface area contributed by atoms with Crippen LogP contribution in [-0.2, 0) is 12.4 Å². The minimum absolute atomic E-state index is 0.0670. The van der Waals surface area contributed by atoms with Crippen molar-refractivity contribution in [2.24, 2.45) is 0 Å². The van der Waals surface area contributed by atoms with E-state index in [2.05, 4.69) is 5.10 Å². The minimum atomic E-state index is -5.05. The number of amides is 1. The molecule has 0 bridgehead atoms. The second-order valence-corrected chi connectivity index (χ2v) is 6.31. The zero-order chi connectivity index (χ0) is 22.3. The number of carbonyl (C=O) groups excluding carboxylic acids is 1. The van der Waals surface area contributed by atoms with Gasteiger partial charge in [-0.05, 0) is 30.3 Å². The summed E-state index contributed by atoms with van der Waals surface area (Å²) in [6.07, 6.45) is -8.93. The number of halogens is 7. The number of benzene rings is 1. The lowest BCUT2D eigenvalue weighted by atomic mass is 10.2. The van der Waals surface area contributed by atoms with E-state index in [1.54, 1.807) is 10.3 Å². The first-order valence-corrected chi connectivity index (χ1v) is 8.28. The molecule has 0 aliphatic carbocycles. The van der Waals surface area contributed by atoms with Gasteiger partial charge in [-0.2, -0.15) is 31.4 Å². The van der Waals surface area contributed by atoms with Crippen molar-refractivity contribution in [1.82, 2.24) is 14.8 Å². The summed E-state index contributed by atoms with van der Waals surface area (Å²) in [7, 11) is 0. The number of nitrogens with zero attached hydrogens (tertiary/aromatic N) is 2. The summed E-state index contributed by atoms with van der Waals surface area (Å²) < 4.78 is 79.7. The van der Waals surface area contributed by atoms with Gasteiger partial charge in [0, 0.05) is 11.2 Å². The number of pyridine rings is 1. The number of anilines is 1. The van der Waals surface area contributed by atoms with Crippen molar-refractivity contribution in [2.75, 3.05) is 5.32 Å². The van der Waals surface area contributed by atoms with Crippen LogP contribution in [0.4, 0.5) is 32.0 Å². The molecule has 0 aliphatic rings. The van der Waals surface area contributed by atoms with Crippen LogP contribution in [-0.4, -0.2) is 20.7 Å². The van der Waals surface area contributed by atoms with Gasteiger partial charge < -0.3 is 10.3 Å². The Balaban J connectivity index is 2.03. The number of hydrogen-bond acceptors (Lipinski definition) is 3. The monoisotopic (exact) mass is 450 g/mol. The van der Waals surface area contributed by atoms with Gasteiger partial charge in [0.25, 0.3) is 11.5 Å².